The minimum atomic E-state index is -5.08. The van der Waals surface area contributed by atoms with E-state index >= 15 is 0 Å². The van der Waals surface area contributed by atoms with Crippen LogP contribution in [-0.2, 0) is 31.2 Å². The number of hydrogen-bond donors (Lipinski definition) is 1. The second-order valence-electron chi connectivity index (χ2n) is 6.31. The Hall–Kier alpha value is -2.49. The highest BCUT2D eigenvalue weighted by Crippen LogP contribution is 2.18. The maximum Gasteiger partial charge on any atom is 0.490 e. The zero-order valence-corrected chi connectivity index (χ0v) is 15.4. The monoisotopic (exact) mass is 385 g/mol. The summed E-state index contributed by atoms with van der Waals surface area (Å²) in [5.74, 6) is -0.749. The van der Waals surface area contributed by atoms with Crippen LogP contribution in [0.5, 0.6) is 0 Å². The molecule has 3 heterocycles. The first-order valence-corrected chi connectivity index (χ1v) is 8.39. The van der Waals surface area contributed by atoms with E-state index in [1.54, 1.807) is 0 Å². The number of carbonyl (C=O) groups is 1. The molecule has 0 saturated carbocycles. The van der Waals surface area contributed by atoms with Crippen molar-refractivity contribution in [1.29, 1.82) is 0 Å². The molecular formula is C17H22F3N5O2. The van der Waals surface area contributed by atoms with Gasteiger partial charge in [-0.25, -0.2) is 19.7 Å². The molecule has 1 aliphatic rings. The van der Waals surface area contributed by atoms with E-state index in [4.69, 9.17) is 9.90 Å². The Morgan fingerprint density at radius 1 is 1.22 bits per heavy atom. The lowest BCUT2D eigenvalue weighted by atomic mass is 10.1. The second kappa shape index (κ2) is 8.47. The van der Waals surface area contributed by atoms with Crippen LogP contribution in [0.4, 0.5) is 13.2 Å². The first-order valence-electron chi connectivity index (χ1n) is 8.39. The average Bonchev–Trinajstić information content (AvgIpc) is 2.84. The zero-order valence-electron chi connectivity index (χ0n) is 15.4. The van der Waals surface area contributed by atoms with Gasteiger partial charge in [0, 0.05) is 50.3 Å². The average molecular weight is 385 g/mol. The summed E-state index contributed by atoms with van der Waals surface area (Å²) in [6.45, 7) is 7.07. The summed E-state index contributed by atoms with van der Waals surface area (Å²) in [7, 11) is 2.05. The Kier molecular flexibility index (Phi) is 6.53. The number of halogens is 3. The van der Waals surface area contributed by atoms with Gasteiger partial charge in [-0.2, -0.15) is 13.2 Å². The summed E-state index contributed by atoms with van der Waals surface area (Å²) >= 11 is 0. The van der Waals surface area contributed by atoms with Crippen LogP contribution in [0.1, 0.15) is 28.6 Å². The SMILES string of the molecule is Cc1nc(C)c2c(n1)CCN(Cc1nccn1C)CC2.O=C(O)C(F)(F)F. The van der Waals surface area contributed by atoms with Crippen molar-refractivity contribution in [1.82, 2.24) is 24.4 Å². The van der Waals surface area contributed by atoms with Gasteiger partial charge in [0.05, 0.1) is 6.54 Å². The van der Waals surface area contributed by atoms with Gasteiger partial charge in [0.1, 0.15) is 11.6 Å². The molecule has 1 aliphatic heterocycles. The summed E-state index contributed by atoms with van der Waals surface area (Å²) in [6.07, 6.45) is 0.817. The lowest BCUT2D eigenvalue weighted by molar-refractivity contribution is -0.192. The van der Waals surface area contributed by atoms with Crippen molar-refractivity contribution in [2.75, 3.05) is 13.1 Å². The molecule has 148 valence electrons. The van der Waals surface area contributed by atoms with Crippen molar-refractivity contribution in [3.8, 4) is 0 Å². The molecule has 10 heteroatoms. The summed E-state index contributed by atoms with van der Waals surface area (Å²) in [5, 5.41) is 7.12. The minimum absolute atomic E-state index is 0.888. The van der Waals surface area contributed by atoms with Gasteiger partial charge in [-0.15, -0.1) is 0 Å². The fourth-order valence-corrected chi connectivity index (χ4v) is 2.89. The van der Waals surface area contributed by atoms with Gasteiger partial charge in [-0.3, -0.25) is 4.90 Å². The first kappa shape index (κ1) is 20.8. The van der Waals surface area contributed by atoms with Gasteiger partial charge >= 0.3 is 12.1 Å². The lowest BCUT2D eigenvalue weighted by Gasteiger charge is -2.19. The number of carboxylic acids is 1. The number of rotatable bonds is 2. The quantitative estimate of drug-likeness (QED) is 0.852. The second-order valence-corrected chi connectivity index (χ2v) is 6.31. The molecule has 0 unspecified atom stereocenters. The van der Waals surface area contributed by atoms with Gasteiger partial charge in [0.2, 0.25) is 0 Å². The maximum atomic E-state index is 10.6. The molecule has 0 aliphatic carbocycles. The molecule has 0 radical (unpaired) electrons. The number of nitrogens with zero attached hydrogens (tertiary/aromatic N) is 5. The number of aliphatic carboxylic acids is 1. The highest BCUT2D eigenvalue weighted by molar-refractivity contribution is 5.73. The largest absolute Gasteiger partial charge is 0.490 e. The van der Waals surface area contributed by atoms with Crippen LogP contribution in [0.3, 0.4) is 0 Å². The van der Waals surface area contributed by atoms with Crippen LogP contribution >= 0.6 is 0 Å². The van der Waals surface area contributed by atoms with Crippen molar-refractivity contribution in [2.45, 2.75) is 39.4 Å². The first-order chi connectivity index (χ1) is 12.6. The summed E-state index contributed by atoms with van der Waals surface area (Å²) in [4.78, 5) is 24.9. The van der Waals surface area contributed by atoms with E-state index in [1.165, 1.54) is 11.3 Å². The molecule has 0 atom stereocenters. The van der Waals surface area contributed by atoms with Crippen molar-refractivity contribution >= 4 is 5.97 Å². The van der Waals surface area contributed by atoms with Crippen LogP contribution in [0.25, 0.3) is 0 Å². The van der Waals surface area contributed by atoms with E-state index in [2.05, 4.69) is 31.3 Å². The molecule has 0 aromatic carbocycles. The van der Waals surface area contributed by atoms with Crippen LogP contribution in [0.2, 0.25) is 0 Å². The fourth-order valence-electron chi connectivity index (χ4n) is 2.89. The van der Waals surface area contributed by atoms with Crippen LogP contribution in [0, 0.1) is 13.8 Å². The van der Waals surface area contributed by atoms with E-state index in [9.17, 15) is 13.2 Å². The predicted octanol–water partition coefficient (Wildman–Crippen LogP) is 2.06. The normalized spacial score (nSPS) is 14.7. The summed E-state index contributed by atoms with van der Waals surface area (Å²) < 4.78 is 33.8. The Balaban J connectivity index is 0.000000321. The Labute approximate surface area is 154 Å². The topological polar surface area (TPSA) is 84.1 Å². The third-order valence-corrected chi connectivity index (χ3v) is 4.28. The minimum Gasteiger partial charge on any atom is -0.475 e. The molecule has 2 aromatic rings. The van der Waals surface area contributed by atoms with Crippen molar-refractivity contribution in [2.24, 2.45) is 7.05 Å². The summed E-state index contributed by atoms with van der Waals surface area (Å²) in [6, 6.07) is 0. The van der Waals surface area contributed by atoms with E-state index in [0.717, 1.165) is 49.8 Å². The van der Waals surface area contributed by atoms with E-state index in [-0.39, 0.29) is 0 Å². The molecule has 0 saturated heterocycles. The molecule has 0 fully saturated rings. The van der Waals surface area contributed by atoms with Gasteiger partial charge in [0.15, 0.2) is 0 Å². The summed E-state index contributed by atoms with van der Waals surface area (Å²) in [5.41, 5.74) is 3.72. The van der Waals surface area contributed by atoms with Crippen LogP contribution in [0.15, 0.2) is 12.4 Å². The van der Waals surface area contributed by atoms with E-state index < -0.39 is 12.1 Å². The Bertz CT molecular complexity index is 804. The van der Waals surface area contributed by atoms with Crippen molar-refractivity contribution < 1.29 is 23.1 Å². The number of alkyl halides is 3. The van der Waals surface area contributed by atoms with E-state index in [0.29, 0.717) is 0 Å². The molecular weight excluding hydrogens is 363 g/mol. The lowest BCUT2D eigenvalue weighted by Crippen LogP contribution is -2.27. The molecule has 0 amide bonds. The number of hydrogen-bond acceptors (Lipinski definition) is 5. The van der Waals surface area contributed by atoms with Gasteiger partial charge in [-0.05, 0) is 25.8 Å². The van der Waals surface area contributed by atoms with Crippen LogP contribution in [-0.4, -0.2) is 54.8 Å². The number of carboxylic acid groups (broad SMARTS) is 1. The van der Waals surface area contributed by atoms with Gasteiger partial charge in [0.25, 0.3) is 0 Å². The zero-order chi connectivity index (χ0) is 20.2. The number of fused-ring (bicyclic) bond motifs is 1. The maximum absolute atomic E-state index is 10.6. The van der Waals surface area contributed by atoms with Gasteiger partial charge < -0.3 is 9.67 Å². The third-order valence-electron chi connectivity index (χ3n) is 4.28. The molecule has 7 nitrogen and oxygen atoms in total. The number of aromatic nitrogens is 4. The molecule has 27 heavy (non-hydrogen) atoms. The Morgan fingerprint density at radius 3 is 2.41 bits per heavy atom. The predicted molar refractivity (Wildman–Crippen MR) is 91.1 cm³/mol. The number of imidazole rings is 1. The molecule has 0 bridgehead atoms. The highest BCUT2D eigenvalue weighted by atomic mass is 19.4. The smallest absolute Gasteiger partial charge is 0.475 e. The van der Waals surface area contributed by atoms with Gasteiger partial charge in [-0.1, -0.05) is 0 Å². The molecule has 1 N–H and O–H groups in total. The highest BCUT2D eigenvalue weighted by Gasteiger charge is 2.38. The molecule has 3 rings (SSSR count). The van der Waals surface area contributed by atoms with Crippen LogP contribution < -0.4 is 0 Å². The molecule has 2 aromatic heterocycles. The van der Waals surface area contributed by atoms with E-state index in [1.807, 2.05) is 26.4 Å². The number of aryl methyl sites for hydroxylation is 3. The van der Waals surface area contributed by atoms with Crippen molar-refractivity contribution in [3.05, 3.63) is 41.0 Å². The molecule has 0 spiro atoms. The Morgan fingerprint density at radius 2 is 1.85 bits per heavy atom. The third kappa shape index (κ3) is 5.75. The fraction of sp³-hybridized carbons (Fsp3) is 0.529. The van der Waals surface area contributed by atoms with Crippen molar-refractivity contribution in [3.63, 3.8) is 0 Å². The standard InChI is InChI=1S/C15H21N5.C2HF3O2/c1-11-13-4-7-20(10-15-16-6-9-19(15)3)8-5-14(13)18-12(2)17-11;3-2(4,5)1(6)7/h6,9H,4-5,7-8,10H2,1-3H3;(H,6,7).